The number of nitrogens with zero attached hydrogens (tertiary/aromatic N) is 3. The smallest absolute Gasteiger partial charge is 0.334 e. The Labute approximate surface area is 131 Å². The molecule has 8 nitrogen and oxygen atoms in total. The number of hydrogen-bond acceptors (Lipinski definition) is 6. The molecule has 3 rings (SSSR count). The van der Waals surface area contributed by atoms with E-state index >= 15 is 0 Å². The molecule has 1 saturated heterocycles. The van der Waals surface area contributed by atoms with Crippen LogP contribution in [0.2, 0.25) is 0 Å². The Balaban J connectivity index is 1.74. The molecule has 120 valence electrons. The molecular weight excluding hydrogens is 302 g/mol. The second-order valence-corrected chi connectivity index (χ2v) is 5.15. The van der Waals surface area contributed by atoms with Crippen molar-refractivity contribution in [3.63, 3.8) is 0 Å². The molecule has 23 heavy (non-hydrogen) atoms. The van der Waals surface area contributed by atoms with Crippen molar-refractivity contribution in [3.05, 3.63) is 35.7 Å². The summed E-state index contributed by atoms with van der Waals surface area (Å²) in [6.45, 7) is 2.32. The Kier molecular flexibility index (Phi) is 4.07. The van der Waals surface area contributed by atoms with E-state index in [1.165, 1.54) is 4.90 Å². The van der Waals surface area contributed by atoms with Crippen molar-refractivity contribution < 1.29 is 23.8 Å². The van der Waals surface area contributed by atoms with Crippen molar-refractivity contribution in [2.45, 2.75) is 13.0 Å². The lowest BCUT2D eigenvalue weighted by atomic mass is 10.1. The van der Waals surface area contributed by atoms with Crippen LogP contribution in [0.15, 0.2) is 28.7 Å². The van der Waals surface area contributed by atoms with Crippen LogP contribution in [0.3, 0.4) is 0 Å². The number of hydrogen-bond donors (Lipinski definition) is 1. The number of carbonyl (C=O) groups excluding carboxylic acids is 1. The van der Waals surface area contributed by atoms with Gasteiger partial charge in [-0.1, -0.05) is 0 Å². The molecule has 0 aliphatic carbocycles. The molecular formula is C15H15N3O5. The normalized spacial score (nSPS) is 18.0. The van der Waals surface area contributed by atoms with Gasteiger partial charge in [0.1, 0.15) is 0 Å². The van der Waals surface area contributed by atoms with Crippen LogP contribution in [0, 0.1) is 6.92 Å². The van der Waals surface area contributed by atoms with Crippen LogP contribution in [0.25, 0.3) is 11.5 Å². The molecule has 2 heterocycles. The van der Waals surface area contributed by atoms with Gasteiger partial charge in [0, 0.05) is 24.6 Å². The fourth-order valence-corrected chi connectivity index (χ4v) is 2.33. The van der Waals surface area contributed by atoms with E-state index in [9.17, 15) is 9.59 Å². The third-order valence-electron chi connectivity index (χ3n) is 3.53. The highest BCUT2D eigenvalue weighted by Crippen LogP contribution is 2.19. The Morgan fingerprint density at radius 2 is 2.00 bits per heavy atom. The molecule has 8 heteroatoms. The van der Waals surface area contributed by atoms with Gasteiger partial charge in [-0.05, 0) is 24.3 Å². The third-order valence-corrected chi connectivity index (χ3v) is 3.53. The van der Waals surface area contributed by atoms with E-state index in [4.69, 9.17) is 14.3 Å². The number of amides is 1. The number of benzene rings is 1. The standard InChI is InChI=1S/C15H15N3O5/c1-9-16-17-13(23-9)10-2-4-11(5-3-10)14(19)18-6-7-22-12(8-18)15(20)21/h2-5,12H,6-8H2,1H3,(H,20,21). The number of aliphatic carboxylic acids is 1. The summed E-state index contributed by atoms with van der Waals surface area (Å²) in [5.41, 5.74) is 1.18. The quantitative estimate of drug-likeness (QED) is 0.899. The Hall–Kier alpha value is -2.74. The van der Waals surface area contributed by atoms with Gasteiger partial charge in [-0.2, -0.15) is 0 Å². The summed E-state index contributed by atoms with van der Waals surface area (Å²) >= 11 is 0. The zero-order chi connectivity index (χ0) is 16.4. The van der Waals surface area contributed by atoms with Crippen molar-refractivity contribution >= 4 is 11.9 Å². The molecule has 0 radical (unpaired) electrons. The molecule has 1 aromatic heterocycles. The number of aromatic nitrogens is 2. The summed E-state index contributed by atoms with van der Waals surface area (Å²) in [4.78, 5) is 24.9. The van der Waals surface area contributed by atoms with Gasteiger partial charge in [-0.15, -0.1) is 10.2 Å². The van der Waals surface area contributed by atoms with Crippen molar-refractivity contribution in [1.29, 1.82) is 0 Å². The van der Waals surface area contributed by atoms with Crippen LogP contribution < -0.4 is 0 Å². The minimum atomic E-state index is -1.07. The lowest BCUT2D eigenvalue weighted by Gasteiger charge is -2.30. The highest BCUT2D eigenvalue weighted by Gasteiger charge is 2.29. The Bertz CT molecular complexity index is 725. The first-order valence-electron chi connectivity index (χ1n) is 7.09. The highest BCUT2D eigenvalue weighted by atomic mass is 16.5. The van der Waals surface area contributed by atoms with Gasteiger partial charge >= 0.3 is 5.97 Å². The lowest BCUT2D eigenvalue weighted by molar-refractivity contribution is -0.154. The second kappa shape index (κ2) is 6.17. The van der Waals surface area contributed by atoms with Crippen LogP contribution >= 0.6 is 0 Å². The average Bonchev–Trinajstić information content (AvgIpc) is 3.01. The molecule has 0 spiro atoms. The van der Waals surface area contributed by atoms with Gasteiger partial charge < -0.3 is 19.2 Å². The molecule has 1 aromatic carbocycles. The van der Waals surface area contributed by atoms with Crippen LogP contribution in [-0.2, 0) is 9.53 Å². The highest BCUT2D eigenvalue weighted by molar-refractivity contribution is 5.95. The lowest BCUT2D eigenvalue weighted by Crippen LogP contribution is -2.48. The predicted molar refractivity (Wildman–Crippen MR) is 77.8 cm³/mol. The summed E-state index contributed by atoms with van der Waals surface area (Å²) < 4.78 is 10.4. The van der Waals surface area contributed by atoms with Gasteiger partial charge in [0.05, 0.1) is 13.2 Å². The van der Waals surface area contributed by atoms with Crippen LogP contribution in [-0.4, -0.2) is 57.9 Å². The Morgan fingerprint density at radius 3 is 2.61 bits per heavy atom. The SMILES string of the molecule is Cc1nnc(-c2ccc(C(=O)N3CCOC(C(=O)O)C3)cc2)o1. The van der Waals surface area contributed by atoms with Crippen LogP contribution in [0.5, 0.6) is 0 Å². The molecule has 1 aliphatic rings. The van der Waals surface area contributed by atoms with Gasteiger partial charge in [-0.25, -0.2) is 4.79 Å². The first-order chi connectivity index (χ1) is 11.0. The molecule has 1 N–H and O–H groups in total. The number of carboxylic acid groups (broad SMARTS) is 1. The summed E-state index contributed by atoms with van der Waals surface area (Å²) in [5.74, 6) is -0.440. The minimum Gasteiger partial charge on any atom is -0.479 e. The maximum Gasteiger partial charge on any atom is 0.334 e. The van der Waals surface area contributed by atoms with E-state index in [1.54, 1.807) is 31.2 Å². The van der Waals surface area contributed by atoms with Gasteiger partial charge in [-0.3, -0.25) is 4.79 Å². The van der Waals surface area contributed by atoms with Crippen molar-refractivity contribution in [2.75, 3.05) is 19.7 Å². The molecule has 1 fully saturated rings. The van der Waals surface area contributed by atoms with Crippen LogP contribution in [0.4, 0.5) is 0 Å². The van der Waals surface area contributed by atoms with Crippen molar-refractivity contribution in [3.8, 4) is 11.5 Å². The number of carboxylic acids is 1. The summed E-state index contributed by atoms with van der Waals surface area (Å²) in [6, 6.07) is 6.75. The minimum absolute atomic E-state index is 0.0404. The van der Waals surface area contributed by atoms with Crippen molar-refractivity contribution in [1.82, 2.24) is 15.1 Å². The van der Waals surface area contributed by atoms with Crippen LogP contribution in [0.1, 0.15) is 16.2 Å². The van der Waals surface area contributed by atoms with E-state index < -0.39 is 12.1 Å². The molecule has 1 atom stereocenters. The topological polar surface area (TPSA) is 106 Å². The molecule has 0 bridgehead atoms. The number of morpholine rings is 1. The molecule has 0 saturated carbocycles. The number of aryl methyl sites for hydroxylation is 1. The maximum absolute atomic E-state index is 12.4. The monoisotopic (exact) mass is 317 g/mol. The van der Waals surface area contributed by atoms with Gasteiger partial charge in [0.15, 0.2) is 6.10 Å². The summed E-state index contributed by atoms with van der Waals surface area (Å²) in [7, 11) is 0. The van der Waals surface area contributed by atoms with Gasteiger partial charge in [0.2, 0.25) is 11.8 Å². The fourth-order valence-electron chi connectivity index (χ4n) is 2.33. The van der Waals surface area contributed by atoms with E-state index in [2.05, 4.69) is 10.2 Å². The van der Waals surface area contributed by atoms with Crippen molar-refractivity contribution in [2.24, 2.45) is 0 Å². The largest absolute Gasteiger partial charge is 0.479 e. The Morgan fingerprint density at radius 1 is 1.26 bits per heavy atom. The second-order valence-electron chi connectivity index (χ2n) is 5.15. The number of rotatable bonds is 3. The summed E-state index contributed by atoms with van der Waals surface area (Å²) in [6.07, 6.45) is -0.978. The zero-order valence-corrected chi connectivity index (χ0v) is 12.4. The molecule has 1 aliphatic heterocycles. The number of carbonyl (C=O) groups is 2. The number of ether oxygens (including phenoxy) is 1. The molecule has 1 unspecified atom stereocenters. The van der Waals surface area contributed by atoms with Gasteiger partial charge in [0.25, 0.3) is 5.91 Å². The van der Waals surface area contributed by atoms with E-state index in [0.717, 1.165) is 0 Å². The van der Waals surface area contributed by atoms with E-state index in [-0.39, 0.29) is 19.1 Å². The maximum atomic E-state index is 12.4. The average molecular weight is 317 g/mol. The molecule has 2 aromatic rings. The first-order valence-corrected chi connectivity index (χ1v) is 7.09. The first kappa shape index (κ1) is 15.2. The summed E-state index contributed by atoms with van der Waals surface area (Å²) in [5, 5.41) is 16.7. The zero-order valence-electron chi connectivity index (χ0n) is 12.4. The fraction of sp³-hybridized carbons (Fsp3) is 0.333. The third kappa shape index (κ3) is 3.21. The van der Waals surface area contributed by atoms with E-state index in [0.29, 0.717) is 29.5 Å². The molecule has 1 amide bonds. The predicted octanol–water partition coefficient (Wildman–Crippen LogP) is 0.971. The van der Waals surface area contributed by atoms with E-state index in [1.807, 2.05) is 0 Å².